The highest BCUT2D eigenvalue weighted by molar-refractivity contribution is 7.09. The Hall–Kier alpha value is -0.490. The average molecular weight is 296 g/mol. The van der Waals surface area contributed by atoms with Gasteiger partial charge in [0, 0.05) is 37.8 Å². The average Bonchev–Trinajstić information content (AvgIpc) is 3.16. The molecule has 0 unspecified atom stereocenters. The first kappa shape index (κ1) is 14.4. The standard InChI is InChI=1S/C15H24N2O2S/c1-11(12-4-7-18-8-5-12)16-9-13-10-20-15(17-13)14-3-2-6-19-14/h10-12,14,16H,2-9H2,1H3/t11-,14-/m0/s1. The predicted octanol–water partition coefficient (Wildman–Crippen LogP) is 2.90. The van der Waals surface area contributed by atoms with Gasteiger partial charge in [0.2, 0.25) is 0 Å². The van der Waals surface area contributed by atoms with Gasteiger partial charge in [0.25, 0.3) is 0 Å². The normalized spacial score (nSPS) is 25.9. The molecule has 2 aliphatic rings. The minimum atomic E-state index is 0.252. The van der Waals surface area contributed by atoms with Crippen molar-refractivity contribution in [2.45, 2.75) is 51.3 Å². The fourth-order valence-electron chi connectivity index (χ4n) is 2.97. The Balaban J connectivity index is 1.47. The van der Waals surface area contributed by atoms with E-state index in [0.29, 0.717) is 6.04 Å². The summed E-state index contributed by atoms with van der Waals surface area (Å²) in [7, 11) is 0. The summed E-state index contributed by atoms with van der Waals surface area (Å²) in [5.74, 6) is 0.736. The van der Waals surface area contributed by atoms with E-state index in [-0.39, 0.29) is 6.10 Å². The van der Waals surface area contributed by atoms with Gasteiger partial charge in [-0.2, -0.15) is 0 Å². The first-order chi connectivity index (χ1) is 9.83. The maximum atomic E-state index is 5.69. The van der Waals surface area contributed by atoms with Gasteiger partial charge < -0.3 is 14.8 Å². The molecule has 0 amide bonds. The Bertz CT molecular complexity index is 412. The molecule has 2 saturated heterocycles. The van der Waals surface area contributed by atoms with Crippen molar-refractivity contribution in [3.8, 4) is 0 Å². The molecule has 3 rings (SSSR count). The van der Waals surface area contributed by atoms with Crippen LogP contribution < -0.4 is 5.32 Å². The molecule has 1 aromatic heterocycles. The van der Waals surface area contributed by atoms with Gasteiger partial charge in [-0.25, -0.2) is 4.98 Å². The van der Waals surface area contributed by atoms with Crippen LogP contribution in [0.5, 0.6) is 0 Å². The summed E-state index contributed by atoms with van der Waals surface area (Å²) in [5.41, 5.74) is 1.15. The molecule has 1 N–H and O–H groups in total. The highest BCUT2D eigenvalue weighted by atomic mass is 32.1. The Kier molecular flexibility index (Phi) is 5.04. The molecule has 5 heteroatoms. The second kappa shape index (κ2) is 6.98. The van der Waals surface area contributed by atoms with Crippen LogP contribution in [0.2, 0.25) is 0 Å². The van der Waals surface area contributed by atoms with E-state index in [1.54, 1.807) is 11.3 Å². The van der Waals surface area contributed by atoms with E-state index < -0.39 is 0 Å². The van der Waals surface area contributed by atoms with Gasteiger partial charge in [0.15, 0.2) is 0 Å². The van der Waals surface area contributed by atoms with E-state index in [1.807, 2.05) is 0 Å². The monoisotopic (exact) mass is 296 g/mol. The summed E-state index contributed by atoms with van der Waals surface area (Å²) in [6.45, 7) is 5.86. The van der Waals surface area contributed by atoms with Crippen LogP contribution in [-0.2, 0) is 16.0 Å². The lowest BCUT2D eigenvalue weighted by atomic mass is 9.93. The van der Waals surface area contributed by atoms with Gasteiger partial charge in [-0.1, -0.05) is 0 Å². The van der Waals surface area contributed by atoms with Gasteiger partial charge >= 0.3 is 0 Å². The zero-order valence-corrected chi connectivity index (χ0v) is 13.0. The van der Waals surface area contributed by atoms with Gasteiger partial charge in [-0.15, -0.1) is 11.3 Å². The summed E-state index contributed by atoms with van der Waals surface area (Å²) >= 11 is 1.74. The van der Waals surface area contributed by atoms with E-state index in [0.717, 1.165) is 49.4 Å². The molecule has 4 nitrogen and oxygen atoms in total. The van der Waals surface area contributed by atoms with Crippen LogP contribution in [0.1, 0.15) is 49.4 Å². The highest BCUT2D eigenvalue weighted by Gasteiger charge is 2.22. The van der Waals surface area contributed by atoms with Crippen LogP contribution in [0.15, 0.2) is 5.38 Å². The molecular formula is C15H24N2O2S. The predicted molar refractivity (Wildman–Crippen MR) is 79.9 cm³/mol. The minimum absolute atomic E-state index is 0.252. The van der Waals surface area contributed by atoms with Crippen LogP contribution >= 0.6 is 11.3 Å². The fourth-order valence-corrected chi connectivity index (χ4v) is 3.87. The lowest BCUT2D eigenvalue weighted by Crippen LogP contribution is -2.36. The van der Waals surface area contributed by atoms with Crippen molar-refractivity contribution in [2.24, 2.45) is 5.92 Å². The zero-order valence-electron chi connectivity index (χ0n) is 12.1. The molecule has 2 atom stereocenters. The Labute approximate surface area is 124 Å². The maximum Gasteiger partial charge on any atom is 0.122 e. The van der Waals surface area contributed by atoms with Crippen LogP contribution in [0.4, 0.5) is 0 Å². The molecule has 0 spiro atoms. The van der Waals surface area contributed by atoms with E-state index in [1.165, 1.54) is 19.3 Å². The Morgan fingerprint density at radius 1 is 1.35 bits per heavy atom. The third-order valence-corrected chi connectivity index (χ3v) is 5.34. The quantitative estimate of drug-likeness (QED) is 0.907. The first-order valence-electron chi connectivity index (χ1n) is 7.70. The lowest BCUT2D eigenvalue weighted by molar-refractivity contribution is 0.0557. The van der Waals surface area contributed by atoms with Crippen LogP contribution in [0.25, 0.3) is 0 Å². The lowest BCUT2D eigenvalue weighted by Gasteiger charge is -2.28. The van der Waals surface area contributed by atoms with Gasteiger partial charge in [0.1, 0.15) is 11.1 Å². The maximum absolute atomic E-state index is 5.69. The van der Waals surface area contributed by atoms with Crippen LogP contribution in [0, 0.1) is 5.92 Å². The summed E-state index contributed by atoms with van der Waals surface area (Å²) in [4.78, 5) is 4.72. The highest BCUT2D eigenvalue weighted by Crippen LogP contribution is 2.30. The van der Waals surface area contributed by atoms with Gasteiger partial charge in [0.05, 0.1) is 5.69 Å². The molecule has 0 radical (unpaired) electrons. The number of hydrogen-bond acceptors (Lipinski definition) is 5. The van der Waals surface area contributed by atoms with Crippen LogP contribution in [-0.4, -0.2) is 30.8 Å². The van der Waals surface area contributed by atoms with Gasteiger partial charge in [-0.3, -0.25) is 0 Å². The third kappa shape index (κ3) is 3.58. The van der Waals surface area contributed by atoms with Crippen molar-refractivity contribution in [2.75, 3.05) is 19.8 Å². The number of nitrogens with one attached hydrogen (secondary N) is 1. The minimum Gasteiger partial charge on any atom is -0.381 e. The second-order valence-corrected chi connectivity index (χ2v) is 6.69. The largest absolute Gasteiger partial charge is 0.381 e. The van der Waals surface area contributed by atoms with E-state index in [9.17, 15) is 0 Å². The number of rotatable bonds is 5. The van der Waals surface area contributed by atoms with Crippen molar-refractivity contribution < 1.29 is 9.47 Å². The molecule has 0 aliphatic carbocycles. The van der Waals surface area contributed by atoms with Crippen molar-refractivity contribution in [3.63, 3.8) is 0 Å². The number of aromatic nitrogens is 1. The van der Waals surface area contributed by atoms with Gasteiger partial charge in [-0.05, 0) is 38.5 Å². The molecule has 112 valence electrons. The number of hydrogen-bond donors (Lipinski definition) is 1. The number of thiazole rings is 1. The zero-order chi connectivity index (χ0) is 13.8. The molecule has 0 bridgehead atoms. The second-order valence-electron chi connectivity index (χ2n) is 5.80. The molecule has 2 aliphatic heterocycles. The summed E-state index contributed by atoms with van der Waals surface area (Å²) in [6, 6.07) is 0.534. The van der Waals surface area contributed by atoms with E-state index in [2.05, 4.69) is 17.6 Å². The van der Waals surface area contributed by atoms with Crippen molar-refractivity contribution in [1.29, 1.82) is 0 Å². The molecule has 0 aromatic carbocycles. The molecule has 0 saturated carbocycles. The molecular weight excluding hydrogens is 272 g/mol. The Morgan fingerprint density at radius 3 is 2.95 bits per heavy atom. The van der Waals surface area contributed by atoms with Crippen LogP contribution in [0.3, 0.4) is 0 Å². The van der Waals surface area contributed by atoms with Crippen molar-refractivity contribution in [1.82, 2.24) is 10.3 Å². The summed E-state index contributed by atoms with van der Waals surface area (Å²) in [5, 5.41) is 6.94. The third-order valence-electron chi connectivity index (χ3n) is 4.35. The molecule has 3 heterocycles. The summed E-state index contributed by atoms with van der Waals surface area (Å²) < 4.78 is 11.1. The van der Waals surface area contributed by atoms with Crippen molar-refractivity contribution >= 4 is 11.3 Å². The first-order valence-corrected chi connectivity index (χ1v) is 8.58. The SMILES string of the molecule is C[C@H](NCc1csc([C@@H]2CCCO2)n1)C1CCOCC1. The fraction of sp³-hybridized carbons (Fsp3) is 0.800. The van der Waals surface area contributed by atoms with E-state index in [4.69, 9.17) is 14.5 Å². The van der Waals surface area contributed by atoms with E-state index >= 15 is 0 Å². The Morgan fingerprint density at radius 2 is 2.20 bits per heavy atom. The smallest absolute Gasteiger partial charge is 0.122 e. The van der Waals surface area contributed by atoms with Crippen molar-refractivity contribution in [3.05, 3.63) is 16.1 Å². The molecule has 2 fully saturated rings. The topological polar surface area (TPSA) is 43.4 Å². The molecule has 20 heavy (non-hydrogen) atoms. The number of nitrogens with zero attached hydrogens (tertiary/aromatic N) is 1. The summed E-state index contributed by atoms with van der Waals surface area (Å²) in [6.07, 6.45) is 4.89. The molecule has 1 aromatic rings. The number of ether oxygens (including phenoxy) is 2.